The molecule has 0 radical (unpaired) electrons. The van der Waals surface area contributed by atoms with Crippen LogP contribution in [0.1, 0.15) is 54.4 Å². The quantitative estimate of drug-likeness (QED) is 0.817. The van der Waals surface area contributed by atoms with Gasteiger partial charge in [-0.1, -0.05) is 31.7 Å². The molecule has 2 N–H and O–H groups in total. The van der Waals surface area contributed by atoms with Gasteiger partial charge in [-0.05, 0) is 37.5 Å². The van der Waals surface area contributed by atoms with Crippen LogP contribution in [0.5, 0.6) is 0 Å². The van der Waals surface area contributed by atoms with E-state index in [0.717, 1.165) is 29.7 Å². The van der Waals surface area contributed by atoms with E-state index in [1.165, 1.54) is 25.7 Å². The topological polar surface area (TPSA) is 41.1 Å². The van der Waals surface area contributed by atoms with Gasteiger partial charge in [0.1, 0.15) is 0 Å². The Balaban J connectivity index is 2.06. The van der Waals surface area contributed by atoms with Crippen molar-refractivity contribution < 1.29 is 4.79 Å². The van der Waals surface area contributed by atoms with Crippen molar-refractivity contribution in [3.05, 3.63) is 29.3 Å². The molecule has 104 valence electrons. The third-order valence-corrected chi connectivity index (χ3v) is 3.88. The molecule has 0 bridgehead atoms. The fraction of sp³-hybridized carbons (Fsp3) is 0.562. The number of hydrogen-bond acceptors (Lipinski definition) is 2. The molecule has 0 aliphatic heterocycles. The van der Waals surface area contributed by atoms with Crippen LogP contribution >= 0.6 is 0 Å². The smallest absolute Gasteiger partial charge is 0.253 e. The summed E-state index contributed by atoms with van der Waals surface area (Å²) in [6.07, 6.45) is 7.31. The Morgan fingerprint density at radius 2 is 1.84 bits per heavy atom. The molecule has 1 aromatic carbocycles. The predicted octanol–water partition coefficient (Wildman–Crippen LogP) is 3.49. The van der Waals surface area contributed by atoms with Crippen molar-refractivity contribution in [1.29, 1.82) is 0 Å². The molecule has 0 saturated heterocycles. The summed E-state index contributed by atoms with van der Waals surface area (Å²) in [6.45, 7) is 2.04. The van der Waals surface area contributed by atoms with Crippen LogP contribution in [0.3, 0.4) is 0 Å². The lowest BCUT2D eigenvalue weighted by Gasteiger charge is -2.17. The van der Waals surface area contributed by atoms with Crippen LogP contribution in [0.2, 0.25) is 0 Å². The number of amides is 1. The van der Waals surface area contributed by atoms with E-state index in [1.807, 2.05) is 32.2 Å². The normalized spacial score (nSPS) is 16.7. The molecule has 19 heavy (non-hydrogen) atoms. The van der Waals surface area contributed by atoms with Gasteiger partial charge < -0.3 is 10.6 Å². The van der Waals surface area contributed by atoms with Crippen LogP contribution in [-0.4, -0.2) is 19.0 Å². The molecule has 1 amide bonds. The zero-order valence-electron chi connectivity index (χ0n) is 12.0. The zero-order chi connectivity index (χ0) is 13.7. The molecule has 0 aromatic heterocycles. The van der Waals surface area contributed by atoms with Crippen LogP contribution < -0.4 is 10.6 Å². The Morgan fingerprint density at radius 1 is 1.16 bits per heavy atom. The molecule has 3 nitrogen and oxygen atoms in total. The van der Waals surface area contributed by atoms with E-state index in [4.69, 9.17) is 0 Å². The number of aryl methyl sites for hydroxylation is 1. The molecule has 1 aliphatic carbocycles. The second-order valence-corrected chi connectivity index (χ2v) is 5.46. The summed E-state index contributed by atoms with van der Waals surface area (Å²) in [7, 11) is 1.86. The highest BCUT2D eigenvalue weighted by molar-refractivity contribution is 5.99. The van der Waals surface area contributed by atoms with Crippen molar-refractivity contribution in [2.75, 3.05) is 12.4 Å². The average Bonchev–Trinajstić information content (AvgIpc) is 2.67. The van der Waals surface area contributed by atoms with Crippen LogP contribution in [0.15, 0.2) is 18.2 Å². The highest BCUT2D eigenvalue weighted by Gasteiger charge is 2.17. The Labute approximate surface area is 115 Å². The Morgan fingerprint density at radius 3 is 2.47 bits per heavy atom. The molecule has 1 saturated carbocycles. The van der Waals surface area contributed by atoms with Gasteiger partial charge in [-0.15, -0.1) is 0 Å². The first-order chi connectivity index (χ1) is 9.20. The van der Waals surface area contributed by atoms with E-state index in [-0.39, 0.29) is 5.91 Å². The molecule has 0 heterocycles. The number of carbonyl (C=O) groups is 1. The molecule has 0 spiro atoms. The maximum atomic E-state index is 12.4. The fourth-order valence-corrected chi connectivity index (χ4v) is 2.75. The van der Waals surface area contributed by atoms with Crippen LogP contribution in [-0.2, 0) is 0 Å². The molecule has 1 fully saturated rings. The Hall–Kier alpha value is -1.51. The summed E-state index contributed by atoms with van der Waals surface area (Å²) in [5, 5.41) is 6.30. The first-order valence-corrected chi connectivity index (χ1v) is 7.30. The number of rotatable bonds is 3. The summed E-state index contributed by atoms with van der Waals surface area (Å²) in [6, 6.07) is 6.26. The van der Waals surface area contributed by atoms with Gasteiger partial charge in [0.15, 0.2) is 0 Å². The molecular formula is C16H24N2O. The Bertz CT molecular complexity index is 434. The third kappa shape index (κ3) is 3.72. The van der Waals surface area contributed by atoms with Crippen molar-refractivity contribution in [3.8, 4) is 0 Å². The fourth-order valence-electron chi connectivity index (χ4n) is 2.75. The van der Waals surface area contributed by atoms with E-state index in [2.05, 4.69) is 10.6 Å². The van der Waals surface area contributed by atoms with Gasteiger partial charge in [-0.2, -0.15) is 0 Å². The molecular weight excluding hydrogens is 236 g/mol. The molecule has 1 aromatic rings. The van der Waals surface area contributed by atoms with Crippen LogP contribution in [0.25, 0.3) is 0 Å². The van der Waals surface area contributed by atoms with Crippen LogP contribution in [0.4, 0.5) is 5.69 Å². The SMILES string of the molecule is CNc1cc(C)ccc1C(=O)NC1CCCCCC1. The highest BCUT2D eigenvalue weighted by atomic mass is 16.1. The Kier molecular flexibility index (Phi) is 4.83. The second-order valence-electron chi connectivity index (χ2n) is 5.46. The lowest BCUT2D eigenvalue weighted by molar-refractivity contribution is 0.0934. The summed E-state index contributed by atoms with van der Waals surface area (Å²) in [5.41, 5.74) is 2.82. The maximum Gasteiger partial charge on any atom is 0.253 e. The van der Waals surface area contributed by atoms with Gasteiger partial charge in [-0.3, -0.25) is 4.79 Å². The lowest BCUT2D eigenvalue weighted by Crippen LogP contribution is -2.34. The first-order valence-electron chi connectivity index (χ1n) is 7.30. The molecule has 3 heteroatoms. The third-order valence-electron chi connectivity index (χ3n) is 3.88. The number of hydrogen-bond donors (Lipinski definition) is 2. The number of nitrogens with one attached hydrogen (secondary N) is 2. The minimum atomic E-state index is 0.0521. The van der Waals surface area contributed by atoms with E-state index in [0.29, 0.717) is 6.04 Å². The van der Waals surface area contributed by atoms with Gasteiger partial charge in [-0.25, -0.2) is 0 Å². The lowest BCUT2D eigenvalue weighted by atomic mass is 10.1. The van der Waals surface area contributed by atoms with Crippen molar-refractivity contribution >= 4 is 11.6 Å². The minimum Gasteiger partial charge on any atom is -0.387 e. The van der Waals surface area contributed by atoms with Gasteiger partial charge in [0, 0.05) is 18.8 Å². The van der Waals surface area contributed by atoms with Gasteiger partial charge in [0.25, 0.3) is 5.91 Å². The first kappa shape index (κ1) is 13.9. The largest absolute Gasteiger partial charge is 0.387 e. The van der Waals surface area contributed by atoms with Crippen LogP contribution in [0, 0.1) is 6.92 Å². The number of anilines is 1. The summed E-state index contributed by atoms with van der Waals surface area (Å²) >= 11 is 0. The van der Waals surface area contributed by atoms with E-state index in [1.54, 1.807) is 0 Å². The van der Waals surface area contributed by atoms with Gasteiger partial charge >= 0.3 is 0 Å². The van der Waals surface area contributed by atoms with Crippen molar-refractivity contribution in [2.45, 2.75) is 51.5 Å². The summed E-state index contributed by atoms with van der Waals surface area (Å²) in [4.78, 5) is 12.4. The van der Waals surface area contributed by atoms with Gasteiger partial charge in [0.05, 0.1) is 5.56 Å². The molecule has 0 atom stereocenters. The number of benzene rings is 1. The standard InChI is InChI=1S/C16H24N2O/c1-12-9-10-14(15(11-12)17-2)16(19)18-13-7-5-3-4-6-8-13/h9-11,13,17H,3-8H2,1-2H3,(H,18,19). The molecule has 2 rings (SSSR count). The summed E-state index contributed by atoms with van der Waals surface area (Å²) < 4.78 is 0. The number of carbonyl (C=O) groups excluding carboxylic acids is 1. The average molecular weight is 260 g/mol. The minimum absolute atomic E-state index is 0.0521. The zero-order valence-corrected chi connectivity index (χ0v) is 12.0. The molecule has 0 unspecified atom stereocenters. The van der Waals surface area contributed by atoms with Crippen molar-refractivity contribution in [1.82, 2.24) is 5.32 Å². The van der Waals surface area contributed by atoms with Gasteiger partial charge in [0.2, 0.25) is 0 Å². The molecule has 1 aliphatic rings. The highest BCUT2D eigenvalue weighted by Crippen LogP contribution is 2.20. The van der Waals surface area contributed by atoms with Crippen molar-refractivity contribution in [3.63, 3.8) is 0 Å². The van der Waals surface area contributed by atoms with E-state index >= 15 is 0 Å². The summed E-state index contributed by atoms with van der Waals surface area (Å²) in [5.74, 6) is 0.0521. The maximum absolute atomic E-state index is 12.4. The van der Waals surface area contributed by atoms with E-state index in [9.17, 15) is 4.79 Å². The van der Waals surface area contributed by atoms with E-state index < -0.39 is 0 Å². The monoisotopic (exact) mass is 260 g/mol. The van der Waals surface area contributed by atoms with Crippen molar-refractivity contribution in [2.24, 2.45) is 0 Å². The second kappa shape index (κ2) is 6.60. The predicted molar refractivity (Wildman–Crippen MR) is 79.7 cm³/mol.